The molecule has 1 saturated carbocycles. The van der Waals surface area contributed by atoms with Gasteiger partial charge in [-0.1, -0.05) is 31.0 Å². The quantitative estimate of drug-likeness (QED) is 0.276. The van der Waals surface area contributed by atoms with Crippen molar-refractivity contribution in [2.24, 2.45) is 5.92 Å². The van der Waals surface area contributed by atoms with Crippen molar-refractivity contribution in [3.05, 3.63) is 60.9 Å². The van der Waals surface area contributed by atoms with Crippen LogP contribution in [0.25, 0.3) is 11.2 Å². The van der Waals surface area contributed by atoms with Crippen LogP contribution in [0.4, 0.5) is 23.1 Å². The summed E-state index contributed by atoms with van der Waals surface area (Å²) in [6.07, 6.45) is 4.85. The third-order valence-corrected chi connectivity index (χ3v) is 8.90. The summed E-state index contributed by atoms with van der Waals surface area (Å²) in [5.41, 5.74) is 2.36. The van der Waals surface area contributed by atoms with Crippen molar-refractivity contribution in [3.8, 4) is 0 Å². The summed E-state index contributed by atoms with van der Waals surface area (Å²) in [4.78, 5) is 25.7. The van der Waals surface area contributed by atoms with E-state index in [1.165, 1.54) is 11.4 Å². The Morgan fingerprint density at radius 3 is 2.49 bits per heavy atom. The number of carboxylic acid groups (broad SMARTS) is 1. The fourth-order valence-corrected chi connectivity index (χ4v) is 6.07. The largest absolute Gasteiger partial charge is 0.481 e. The lowest BCUT2D eigenvalue weighted by Crippen LogP contribution is -2.37. The Kier molecular flexibility index (Phi) is 7.38. The van der Waals surface area contributed by atoms with Gasteiger partial charge in [0.05, 0.1) is 22.8 Å². The fourth-order valence-electron chi connectivity index (χ4n) is 4.87. The normalized spacial score (nSPS) is 17.6. The number of anilines is 4. The smallest absolute Gasteiger partial charge is 0.308 e. The van der Waals surface area contributed by atoms with Crippen LogP contribution in [-0.4, -0.2) is 52.1 Å². The first kappa shape index (κ1) is 26.4. The molecule has 0 bridgehead atoms. The minimum atomic E-state index is -3.75. The predicted molar refractivity (Wildman–Crippen MR) is 150 cm³/mol. The van der Waals surface area contributed by atoms with Gasteiger partial charge in [0.25, 0.3) is 10.0 Å². The Balaban J connectivity index is 1.43. The van der Waals surface area contributed by atoms with Crippen LogP contribution in [0, 0.1) is 5.92 Å². The van der Waals surface area contributed by atoms with Crippen LogP contribution in [0.5, 0.6) is 0 Å². The van der Waals surface area contributed by atoms with Gasteiger partial charge in [-0.25, -0.2) is 13.4 Å². The number of aliphatic carboxylic acids is 1. The molecule has 39 heavy (non-hydrogen) atoms. The zero-order chi connectivity index (χ0) is 27.6. The van der Waals surface area contributed by atoms with Gasteiger partial charge in [-0.2, -0.15) is 9.97 Å². The van der Waals surface area contributed by atoms with Crippen LogP contribution in [0.15, 0.2) is 65.8 Å². The molecule has 5 rings (SSSR count). The van der Waals surface area contributed by atoms with E-state index in [1.54, 1.807) is 54.9 Å². The van der Waals surface area contributed by atoms with Crippen molar-refractivity contribution in [1.82, 2.24) is 19.5 Å². The maximum atomic E-state index is 13.1. The Labute approximate surface area is 227 Å². The van der Waals surface area contributed by atoms with E-state index < -0.39 is 21.9 Å². The molecule has 1 aliphatic rings. The highest BCUT2D eigenvalue weighted by Gasteiger charge is 2.31. The molecular weight excluding hydrogens is 518 g/mol. The lowest BCUT2D eigenvalue weighted by molar-refractivity contribution is -0.143. The molecule has 4 aromatic rings. The van der Waals surface area contributed by atoms with Gasteiger partial charge in [-0.05, 0) is 56.2 Å². The van der Waals surface area contributed by atoms with Crippen molar-refractivity contribution < 1.29 is 18.3 Å². The average Bonchev–Trinajstić information content (AvgIpc) is 3.37. The number of hydrogen-bond acceptors (Lipinski definition) is 8. The summed E-state index contributed by atoms with van der Waals surface area (Å²) in [6, 6.07) is 15.0. The van der Waals surface area contributed by atoms with Gasteiger partial charge in [0.1, 0.15) is 0 Å². The molecule has 2 aromatic heterocycles. The number of carboxylic acids is 1. The van der Waals surface area contributed by atoms with Gasteiger partial charge < -0.3 is 20.3 Å². The van der Waals surface area contributed by atoms with Gasteiger partial charge in [0.2, 0.25) is 5.95 Å². The van der Waals surface area contributed by atoms with E-state index in [0.717, 1.165) is 19.3 Å². The Hall–Kier alpha value is -4.19. The number of rotatable bonds is 9. The van der Waals surface area contributed by atoms with E-state index in [4.69, 9.17) is 0 Å². The second-order valence-electron chi connectivity index (χ2n) is 9.54. The maximum absolute atomic E-state index is 13.1. The highest BCUT2D eigenvalue weighted by atomic mass is 32.2. The first-order valence-electron chi connectivity index (χ1n) is 12.9. The number of benzene rings is 2. The summed E-state index contributed by atoms with van der Waals surface area (Å²) in [6.45, 7) is 2.63. The van der Waals surface area contributed by atoms with Crippen molar-refractivity contribution in [1.29, 1.82) is 0 Å². The number of imidazole rings is 1. The molecule has 204 valence electrons. The first-order valence-corrected chi connectivity index (χ1v) is 14.3. The lowest BCUT2D eigenvalue weighted by atomic mass is 9.84. The fraction of sp³-hybridized carbons (Fsp3) is 0.333. The number of carbonyl (C=O) groups is 1. The second-order valence-corrected chi connectivity index (χ2v) is 11.5. The summed E-state index contributed by atoms with van der Waals surface area (Å²) >= 11 is 0. The molecule has 0 spiro atoms. The van der Waals surface area contributed by atoms with E-state index in [-0.39, 0.29) is 10.9 Å². The summed E-state index contributed by atoms with van der Waals surface area (Å²) < 4.78 is 29.4. The van der Waals surface area contributed by atoms with Crippen LogP contribution < -0.4 is 14.9 Å². The number of nitrogens with one attached hydrogen (secondary N) is 2. The molecular formula is C27H31N7O4S. The standard InChI is InChI=1S/C27H31N7O4S/c1-3-34-17-28-23-24(31-27(32-25(23)34)30-22-12-8-7-11-21(22)26(35)36)29-18-13-15-20(16-14-18)39(37,38)33(2)19-9-5-4-6-10-19/h4-6,9-10,13-17,21-22H,3,7-8,11-12H2,1-2H3,(H,35,36)(H2,29,30,31,32). The van der Waals surface area contributed by atoms with Crippen LogP contribution in [0.1, 0.15) is 32.6 Å². The minimum absolute atomic E-state index is 0.155. The van der Waals surface area contributed by atoms with Crippen molar-refractivity contribution >= 4 is 50.3 Å². The first-order chi connectivity index (χ1) is 18.8. The number of hydrogen-bond donors (Lipinski definition) is 3. The van der Waals surface area contributed by atoms with E-state index >= 15 is 0 Å². The molecule has 0 amide bonds. The van der Waals surface area contributed by atoms with Crippen LogP contribution in [-0.2, 0) is 21.4 Å². The van der Waals surface area contributed by atoms with Gasteiger partial charge >= 0.3 is 5.97 Å². The van der Waals surface area contributed by atoms with Crippen molar-refractivity contribution in [3.63, 3.8) is 0 Å². The van der Waals surface area contributed by atoms with Gasteiger partial charge in [-0.15, -0.1) is 0 Å². The molecule has 2 unspecified atom stereocenters. The molecule has 2 atom stereocenters. The van der Waals surface area contributed by atoms with Crippen molar-refractivity contribution in [2.45, 2.75) is 50.1 Å². The maximum Gasteiger partial charge on any atom is 0.308 e. The summed E-state index contributed by atoms with van der Waals surface area (Å²) in [5, 5.41) is 16.2. The van der Waals surface area contributed by atoms with Crippen LogP contribution in [0.2, 0.25) is 0 Å². The topological polar surface area (TPSA) is 142 Å². The van der Waals surface area contributed by atoms with E-state index in [9.17, 15) is 18.3 Å². The van der Waals surface area contributed by atoms with Crippen LogP contribution >= 0.6 is 0 Å². The minimum Gasteiger partial charge on any atom is -0.481 e. The van der Waals surface area contributed by atoms with E-state index in [0.29, 0.717) is 47.3 Å². The molecule has 3 N–H and O–H groups in total. The molecule has 0 aliphatic heterocycles. The van der Waals surface area contributed by atoms with E-state index in [2.05, 4.69) is 25.6 Å². The highest BCUT2D eigenvalue weighted by Crippen LogP contribution is 2.30. The Bertz CT molecular complexity index is 1570. The summed E-state index contributed by atoms with van der Waals surface area (Å²) in [5.74, 6) is -0.566. The van der Waals surface area contributed by atoms with Gasteiger partial charge in [-0.3, -0.25) is 9.10 Å². The monoisotopic (exact) mass is 549 g/mol. The predicted octanol–water partition coefficient (Wildman–Crippen LogP) is 4.47. The SMILES string of the molecule is CCn1cnc2c(Nc3ccc(S(=O)(=O)N(C)c4ccccc4)cc3)nc(NC3CCCCC3C(=O)O)nc21. The van der Waals surface area contributed by atoms with Crippen molar-refractivity contribution in [2.75, 3.05) is 22.0 Å². The third kappa shape index (κ3) is 5.37. The highest BCUT2D eigenvalue weighted by molar-refractivity contribution is 7.92. The van der Waals surface area contributed by atoms with Gasteiger partial charge in [0, 0.05) is 25.3 Å². The second kappa shape index (κ2) is 10.9. The Morgan fingerprint density at radius 1 is 1.08 bits per heavy atom. The van der Waals surface area contributed by atoms with Gasteiger partial charge in [0.15, 0.2) is 17.0 Å². The van der Waals surface area contributed by atoms with E-state index in [1.807, 2.05) is 17.6 Å². The molecule has 11 nitrogen and oxygen atoms in total. The molecule has 1 aliphatic carbocycles. The lowest BCUT2D eigenvalue weighted by Gasteiger charge is -2.29. The number of sulfonamides is 1. The molecule has 2 aromatic carbocycles. The Morgan fingerprint density at radius 2 is 1.79 bits per heavy atom. The van der Waals surface area contributed by atoms with Crippen LogP contribution in [0.3, 0.4) is 0 Å². The third-order valence-electron chi connectivity index (χ3n) is 7.10. The molecule has 0 saturated heterocycles. The molecule has 1 fully saturated rings. The number of aryl methyl sites for hydroxylation is 1. The molecule has 2 heterocycles. The number of nitrogens with zero attached hydrogens (tertiary/aromatic N) is 5. The average molecular weight is 550 g/mol. The molecule has 0 radical (unpaired) electrons. The number of para-hydroxylation sites is 1. The number of fused-ring (bicyclic) bond motifs is 1. The zero-order valence-corrected chi connectivity index (χ0v) is 22.6. The zero-order valence-electron chi connectivity index (χ0n) is 21.8. The molecule has 12 heteroatoms. The number of aromatic nitrogens is 4. The summed E-state index contributed by atoms with van der Waals surface area (Å²) in [7, 11) is -2.22.